The van der Waals surface area contributed by atoms with E-state index in [-0.39, 0.29) is 23.9 Å². The van der Waals surface area contributed by atoms with E-state index in [4.69, 9.17) is 9.15 Å². The minimum Gasteiger partial charge on any atom is -0.494 e. The first-order valence-electron chi connectivity index (χ1n) is 8.35. The number of hydrogen-bond donors (Lipinski definition) is 0. The van der Waals surface area contributed by atoms with Gasteiger partial charge in [0.05, 0.1) is 11.5 Å². The molecule has 2 heterocycles. The Labute approximate surface area is 154 Å². The first-order chi connectivity index (χ1) is 12.7. The summed E-state index contributed by atoms with van der Waals surface area (Å²) >= 11 is 0. The van der Waals surface area contributed by atoms with Crippen LogP contribution in [-0.4, -0.2) is 42.6 Å². The molecule has 1 aliphatic heterocycles. The lowest BCUT2D eigenvalue weighted by Crippen LogP contribution is -2.37. The van der Waals surface area contributed by atoms with Crippen molar-refractivity contribution < 1.29 is 30.7 Å². The molecule has 1 aromatic heterocycles. The quantitative estimate of drug-likeness (QED) is 0.760. The zero-order chi connectivity index (χ0) is 19.7. The molecule has 0 aliphatic carbocycles. The van der Waals surface area contributed by atoms with Crippen molar-refractivity contribution in [2.45, 2.75) is 36.8 Å². The molecule has 1 saturated heterocycles. The largest absolute Gasteiger partial charge is 0.494 e. The highest BCUT2D eigenvalue weighted by Gasteiger charge is 2.39. The highest BCUT2D eigenvalue weighted by molar-refractivity contribution is 7.89. The van der Waals surface area contributed by atoms with Gasteiger partial charge in [0.15, 0.2) is 0 Å². The first-order valence-corrected chi connectivity index (χ1v) is 9.79. The number of benzene rings is 1. The number of sulfonamides is 1. The van der Waals surface area contributed by atoms with Gasteiger partial charge in [-0.3, -0.25) is 0 Å². The van der Waals surface area contributed by atoms with Crippen molar-refractivity contribution in [1.82, 2.24) is 14.5 Å². The highest BCUT2D eigenvalue weighted by atomic mass is 32.2. The minimum absolute atomic E-state index is 0.111. The molecule has 0 amide bonds. The van der Waals surface area contributed by atoms with Gasteiger partial charge in [0, 0.05) is 19.0 Å². The van der Waals surface area contributed by atoms with Gasteiger partial charge in [-0.05, 0) is 44.0 Å². The van der Waals surface area contributed by atoms with E-state index in [1.807, 2.05) is 6.92 Å². The third-order valence-corrected chi connectivity index (χ3v) is 6.17. The molecule has 0 unspecified atom stereocenters. The third kappa shape index (κ3) is 4.24. The Morgan fingerprint density at radius 2 is 1.81 bits per heavy atom. The maximum Gasteiger partial charge on any atom is 0.470 e. The average Bonchev–Trinajstić information content (AvgIpc) is 3.13. The van der Waals surface area contributed by atoms with Crippen LogP contribution in [0.2, 0.25) is 0 Å². The van der Waals surface area contributed by atoms with Crippen LogP contribution in [0.1, 0.15) is 37.5 Å². The van der Waals surface area contributed by atoms with Crippen molar-refractivity contribution in [3.05, 3.63) is 36.0 Å². The van der Waals surface area contributed by atoms with E-state index in [2.05, 4.69) is 10.2 Å². The second-order valence-corrected chi connectivity index (χ2v) is 7.96. The summed E-state index contributed by atoms with van der Waals surface area (Å²) in [6, 6.07) is 6.11. The van der Waals surface area contributed by atoms with Gasteiger partial charge in [0.1, 0.15) is 5.75 Å². The van der Waals surface area contributed by atoms with Crippen molar-refractivity contribution in [3.8, 4) is 5.75 Å². The molecule has 0 N–H and O–H groups in total. The predicted octanol–water partition coefficient (Wildman–Crippen LogP) is 3.06. The van der Waals surface area contributed by atoms with Gasteiger partial charge in [-0.15, -0.1) is 10.2 Å². The van der Waals surface area contributed by atoms with Crippen molar-refractivity contribution >= 4 is 10.0 Å². The second-order valence-electron chi connectivity index (χ2n) is 6.03. The van der Waals surface area contributed by atoms with Crippen LogP contribution in [0.15, 0.2) is 33.6 Å². The molecule has 0 spiro atoms. The Hall–Kier alpha value is -2.14. The molecule has 1 fully saturated rings. The van der Waals surface area contributed by atoms with Gasteiger partial charge in [0.25, 0.3) is 0 Å². The minimum atomic E-state index is -4.69. The summed E-state index contributed by atoms with van der Waals surface area (Å²) in [5, 5.41) is 6.48. The summed E-state index contributed by atoms with van der Waals surface area (Å²) in [5.74, 6) is -1.32. The molecule has 0 bridgehead atoms. The van der Waals surface area contributed by atoms with Crippen LogP contribution in [0.4, 0.5) is 13.2 Å². The standard InChI is InChI=1S/C16H18F3N3O4S/c1-2-25-12-3-5-13(6-4-12)27(23,24)22-9-7-11(8-10-22)14-20-21-15(26-14)16(17,18)19/h3-6,11H,2,7-10H2,1H3. The normalized spacial score (nSPS) is 17.2. The molecule has 1 aliphatic rings. The Morgan fingerprint density at radius 1 is 1.19 bits per heavy atom. The highest BCUT2D eigenvalue weighted by Crippen LogP contribution is 2.33. The number of alkyl halides is 3. The van der Waals surface area contributed by atoms with Gasteiger partial charge < -0.3 is 9.15 Å². The van der Waals surface area contributed by atoms with Gasteiger partial charge in [-0.25, -0.2) is 8.42 Å². The molecule has 7 nitrogen and oxygen atoms in total. The third-order valence-electron chi connectivity index (χ3n) is 4.26. The Morgan fingerprint density at radius 3 is 2.33 bits per heavy atom. The molecule has 3 rings (SSSR count). The zero-order valence-corrected chi connectivity index (χ0v) is 15.3. The molecule has 148 valence electrons. The number of rotatable bonds is 5. The smallest absolute Gasteiger partial charge is 0.470 e. The summed E-state index contributed by atoms with van der Waals surface area (Å²) in [7, 11) is -3.69. The van der Waals surface area contributed by atoms with E-state index >= 15 is 0 Å². The van der Waals surface area contributed by atoms with Crippen LogP contribution in [0.5, 0.6) is 5.75 Å². The van der Waals surface area contributed by atoms with E-state index in [0.717, 1.165) is 0 Å². The monoisotopic (exact) mass is 405 g/mol. The molecule has 0 radical (unpaired) electrons. The number of piperidine rings is 1. The van der Waals surface area contributed by atoms with Crippen LogP contribution in [0.3, 0.4) is 0 Å². The fourth-order valence-corrected chi connectivity index (χ4v) is 4.35. The zero-order valence-electron chi connectivity index (χ0n) is 14.4. The molecular weight excluding hydrogens is 387 g/mol. The fourth-order valence-electron chi connectivity index (χ4n) is 2.88. The van der Waals surface area contributed by atoms with Gasteiger partial charge >= 0.3 is 12.1 Å². The lowest BCUT2D eigenvalue weighted by atomic mass is 9.98. The lowest BCUT2D eigenvalue weighted by molar-refractivity contribution is -0.157. The molecular formula is C16H18F3N3O4S. The summed E-state index contributed by atoms with van der Waals surface area (Å²) in [5.41, 5.74) is 0. The van der Waals surface area contributed by atoms with Crippen molar-refractivity contribution in [3.63, 3.8) is 0 Å². The van der Waals surface area contributed by atoms with Crippen LogP contribution < -0.4 is 4.74 Å². The van der Waals surface area contributed by atoms with E-state index in [0.29, 0.717) is 25.2 Å². The van der Waals surface area contributed by atoms with Crippen molar-refractivity contribution in [2.75, 3.05) is 19.7 Å². The number of nitrogens with zero attached hydrogens (tertiary/aromatic N) is 3. The van der Waals surface area contributed by atoms with Gasteiger partial charge in [-0.1, -0.05) is 0 Å². The van der Waals surface area contributed by atoms with Crippen LogP contribution in [0.25, 0.3) is 0 Å². The molecule has 27 heavy (non-hydrogen) atoms. The molecule has 0 saturated carbocycles. The summed E-state index contributed by atoms with van der Waals surface area (Å²) in [4.78, 5) is 0.140. The van der Waals surface area contributed by atoms with E-state index in [1.54, 1.807) is 12.1 Å². The summed E-state index contributed by atoms with van der Waals surface area (Å²) in [6.07, 6.45) is -4.09. The van der Waals surface area contributed by atoms with E-state index in [1.165, 1.54) is 16.4 Å². The molecule has 2 aromatic rings. The average molecular weight is 405 g/mol. The van der Waals surface area contributed by atoms with Crippen LogP contribution >= 0.6 is 0 Å². The number of hydrogen-bond acceptors (Lipinski definition) is 6. The number of aromatic nitrogens is 2. The second kappa shape index (κ2) is 7.47. The van der Waals surface area contributed by atoms with Crippen molar-refractivity contribution in [1.29, 1.82) is 0 Å². The predicted molar refractivity (Wildman–Crippen MR) is 87.6 cm³/mol. The molecule has 1 aromatic carbocycles. The van der Waals surface area contributed by atoms with E-state index in [9.17, 15) is 21.6 Å². The Balaban J connectivity index is 1.66. The SMILES string of the molecule is CCOc1ccc(S(=O)(=O)N2CCC(c3nnc(C(F)(F)F)o3)CC2)cc1. The summed E-state index contributed by atoms with van der Waals surface area (Å²) in [6.45, 7) is 2.62. The van der Waals surface area contributed by atoms with Crippen LogP contribution in [0, 0.1) is 0 Å². The lowest BCUT2D eigenvalue weighted by Gasteiger charge is -2.29. The first kappa shape index (κ1) is 19.6. The number of halogens is 3. The summed E-state index contributed by atoms with van der Waals surface area (Å²) < 4.78 is 74.4. The maximum absolute atomic E-state index is 12.7. The Bertz CT molecular complexity index is 873. The number of ether oxygens (including phenoxy) is 1. The molecule has 11 heteroatoms. The van der Waals surface area contributed by atoms with Gasteiger partial charge in [-0.2, -0.15) is 17.5 Å². The van der Waals surface area contributed by atoms with E-state index < -0.39 is 28.0 Å². The maximum atomic E-state index is 12.7. The van der Waals surface area contributed by atoms with Gasteiger partial charge in [0.2, 0.25) is 15.9 Å². The van der Waals surface area contributed by atoms with Crippen molar-refractivity contribution in [2.24, 2.45) is 0 Å². The molecule has 0 atom stereocenters. The fraction of sp³-hybridized carbons (Fsp3) is 0.500. The van der Waals surface area contributed by atoms with Crippen LogP contribution in [-0.2, 0) is 16.2 Å². The Kier molecular flexibility index (Phi) is 5.43. The topological polar surface area (TPSA) is 85.5 Å².